The Balaban J connectivity index is 3.35. The van der Waals surface area contributed by atoms with Crippen LogP contribution in [0.1, 0.15) is 18.6 Å². The molecule has 0 fully saturated rings. The van der Waals surface area contributed by atoms with E-state index in [9.17, 15) is 5.11 Å². The van der Waals surface area contributed by atoms with E-state index < -0.39 is 6.10 Å². The average Bonchev–Trinajstić information content (AvgIpc) is 2.16. The number of aliphatic hydroxyl groups is 1. The van der Waals surface area contributed by atoms with E-state index in [0.717, 1.165) is 0 Å². The van der Waals surface area contributed by atoms with E-state index in [1.807, 2.05) is 0 Å². The Morgan fingerprint density at radius 3 is 2.36 bits per heavy atom. The van der Waals surface area contributed by atoms with Crippen LogP contribution in [0.2, 0.25) is 5.02 Å². The molecule has 3 nitrogen and oxygen atoms in total. The normalized spacial score (nSPS) is 12.4. The van der Waals surface area contributed by atoms with E-state index in [4.69, 9.17) is 21.1 Å². The first-order valence-electron chi connectivity index (χ1n) is 4.20. The summed E-state index contributed by atoms with van der Waals surface area (Å²) in [6.07, 6.45) is -0.687. The number of ether oxygens (including phenoxy) is 2. The molecule has 1 rings (SSSR count). The number of rotatable bonds is 3. The van der Waals surface area contributed by atoms with Crippen LogP contribution in [0.15, 0.2) is 12.1 Å². The largest absolute Gasteiger partial charge is 0.493 e. The quantitative estimate of drug-likeness (QED) is 0.844. The molecule has 1 atom stereocenters. The summed E-state index contributed by atoms with van der Waals surface area (Å²) in [6, 6.07) is 3.37. The van der Waals surface area contributed by atoms with Crippen molar-refractivity contribution in [3.05, 3.63) is 22.7 Å². The maximum atomic E-state index is 9.52. The molecule has 0 heterocycles. The first kappa shape index (κ1) is 11.1. The smallest absolute Gasteiger partial charge is 0.167 e. The van der Waals surface area contributed by atoms with Crippen molar-refractivity contribution >= 4 is 11.6 Å². The maximum Gasteiger partial charge on any atom is 0.167 e. The Bertz CT molecular complexity index is 323. The molecule has 0 aliphatic rings. The van der Waals surface area contributed by atoms with Crippen LogP contribution in [0.5, 0.6) is 11.5 Å². The molecule has 0 amide bonds. The van der Waals surface area contributed by atoms with E-state index in [-0.39, 0.29) is 0 Å². The zero-order valence-corrected chi connectivity index (χ0v) is 9.13. The Labute approximate surface area is 88.2 Å². The van der Waals surface area contributed by atoms with E-state index in [2.05, 4.69) is 0 Å². The second kappa shape index (κ2) is 4.53. The van der Waals surface area contributed by atoms with Crippen molar-refractivity contribution in [2.45, 2.75) is 13.0 Å². The summed E-state index contributed by atoms with van der Waals surface area (Å²) in [6.45, 7) is 1.63. The van der Waals surface area contributed by atoms with Crippen LogP contribution in [0, 0.1) is 0 Å². The highest BCUT2D eigenvalue weighted by atomic mass is 35.5. The Kier molecular flexibility index (Phi) is 3.61. The first-order valence-corrected chi connectivity index (χ1v) is 4.58. The first-order chi connectivity index (χ1) is 6.61. The zero-order chi connectivity index (χ0) is 10.7. The Morgan fingerprint density at radius 2 is 1.93 bits per heavy atom. The monoisotopic (exact) mass is 216 g/mol. The van der Waals surface area contributed by atoms with Gasteiger partial charge in [0.25, 0.3) is 0 Å². The molecule has 1 unspecified atom stereocenters. The van der Waals surface area contributed by atoms with Crippen molar-refractivity contribution < 1.29 is 14.6 Å². The third-order valence-electron chi connectivity index (χ3n) is 1.95. The predicted octanol–water partition coefficient (Wildman–Crippen LogP) is 2.41. The number of benzene rings is 1. The fourth-order valence-corrected chi connectivity index (χ4v) is 1.62. The summed E-state index contributed by atoms with van der Waals surface area (Å²) in [7, 11) is 3.05. The van der Waals surface area contributed by atoms with Crippen molar-refractivity contribution in [3.63, 3.8) is 0 Å². The molecule has 0 aliphatic carbocycles. The molecule has 14 heavy (non-hydrogen) atoms. The van der Waals surface area contributed by atoms with Gasteiger partial charge in [0, 0.05) is 5.56 Å². The molecule has 0 saturated carbocycles. The van der Waals surface area contributed by atoms with Crippen LogP contribution in [0.4, 0.5) is 0 Å². The van der Waals surface area contributed by atoms with Gasteiger partial charge in [-0.05, 0) is 19.1 Å². The number of hydrogen-bond donors (Lipinski definition) is 1. The van der Waals surface area contributed by atoms with E-state index in [1.54, 1.807) is 19.1 Å². The van der Waals surface area contributed by atoms with Gasteiger partial charge >= 0.3 is 0 Å². The molecule has 1 aromatic rings. The van der Waals surface area contributed by atoms with Crippen LogP contribution in [0.3, 0.4) is 0 Å². The fraction of sp³-hybridized carbons (Fsp3) is 0.400. The van der Waals surface area contributed by atoms with Crippen LogP contribution < -0.4 is 9.47 Å². The lowest BCUT2D eigenvalue weighted by Crippen LogP contribution is -2.00. The Hall–Kier alpha value is -0.930. The molecule has 0 spiro atoms. The third-order valence-corrected chi connectivity index (χ3v) is 2.28. The third kappa shape index (κ3) is 1.94. The summed E-state index contributed by atoms with van der Waals surface area (Å²) in [5.41, 5.74) is 0.550. The van der Waals surface area contributed by atoms with Gasteiger partial charge in [-0.25, -0.2) is 0 Å². The summed E-state index contributed by atoms with van der Waals surface area (Å²) in [5, 5.41) is 9.99. The fourth-order valence-electron chi connectivity index (χ4n) is 1.32. The predicted molar refractivity (Wildman–Crippen MR) is 55.2 cm³/mol. The molecule has 1 N–H and O–H groups in total. The topological polar surface area (TPSA) is 38.7 Å². The Morgan fingerprint density at radius 1 is 1.29 bits per heavy atom. The van der Waals surface area contributed by atoms with Gasteiger partial charge < -0.3 is 14.6 Å². The van der Waals surface area contributed by atoms with Crippen LogP contribution in [-0.2, 0) is 0 Å². The zero-order valence-electron chi connectivity index (χ0n) is 8.37. The van der Waals surface area contributed by atoms with E-state index >= 15 is 0 Å². The lowest BCUT2D eigenvalue weighted by Gasteiger charge is -2.15. The highest BCUT2D eigenvalue weighted by Crippen LogP contribution is 2.39. The van der Waals surface area contributed by atoms with Gasteiger partial charge in [-0.1, -0.05) is 11.6 Å². The minimum Gasteiger partial charge on any atom is -0.493 e. The standard InChI is InChI=1S/C10H13ClO3/c1-6(12)9-7(11)4-5-8(13-2)10(9)14-3/h4-6,12H,1-3H3. The lowest BCUT2D eigenvalue weighted by atomic mass is 10.1. The van der Waals surface area contributed by atoms with Crippen molar-refractivity contribution in [1.82, 2.24) is 0 Å². The summed E-state index contributed by atoms with van der Waals surface area (Å²) >= 11 is 5.94. The van der Waals surface area contributed by atoms with Crippen molar-refractivity contribution in [3.8, 4) is 11.5 Å². The molecule has 0 bridgehead atoms. The minimum absolute atomic E-state index is 0.470. The molecule has 0 aromatic heterocycles. The SMILES string of the molecule is COc1ccc(Cl)c(C(C)O)c1OC. The van der Waals surface area contributed by atoms with E-state index in [1.165, 1.54) is 14.2 Å². The molecule has 78 valence electrons. The van der Waals surface area contributed by atoms with Gasteiger partial charge in [-0.15, -0.1) is 0 Å². The van der Waals surface area contributed by atoms with Gasteiger partial charge in [0.1, 0.15) is 0 Å². The second-order valence-corrected chi connectivity index (χ2v) is 3.28. The van der Waals surface area contributed by atoms with Crippen molar-refractivity contribution in [2.24, 2.45) is 0 Å². The van der Waals surface area contributed by atoms with Crippen molar-refractivity contribution in [2.75, 3.05) is 14.2 Å². The lowest BCUT2D eigenvalue weighted by molar-refractivity contribution is 0.193. The van der Waals surface area contributed by atoms with Crippen molar-refractivity contribution in [1.29, 1.82) is 0 Å². The summed E-state index contributed by atoms with van der Waals surface area (Å²) in [4.78, 5) is 0. The maximum absolute atomic E-state index is 9.52. The number of methoxy groups -OCH3 is 2. The highest BCUT2D eigenvalue weighted by Gasteiger charge is 2.17. The van der Waals surface area contributed by atoms with Gasteiger partial charge in [0.15, 0.2) is 11.5 Å². The molecular weight excluding hydrogens is 204 g/mol. The highest BCUT2D eigenvalue weighted by molar-refractivity contribution is 6.31. The molecule has 0 radical (unpaired) electrons. The molecular formula is C10H13ClO3. The van der Waals surface area contributed by atoms with Gasteiger partial charge in [-0.2, -0.15) is 0 Å². The van der Waals surface area contributed by atoms with Crippen LogP contribution >= 0.6 is 11.6 Å². The summed E-state index contributed by atoms with van der Waals surface area (Å²) in [5.74, 6) is 1.04. The number of hydrogen-bond acceptors (Lipinski definition) is 3. The number of aliphatic hydroxyl groups excluding tert-OH is 1. The van der Waals surface area contributed by atoms with Crippen LogP contribution in [0.25, 0.3) is 0 Å². The molecule has 1 aromatic carbocycles. The van der Waals surface area contributed by atoms with Gasteiger partial charge in [-0.3, -0.25) is 0 Å². The molecule has 0 saturated heterocycles. The van der Waals surface area contributed by atoms with E-state index in [0.29, 0.717) is 22.1 Å². The number of halogens is 1. The minimum atomic E-state index is -0.687. The molecule has 4 heteroatoms. The van der Waals surface area contributed by atoms with Crippen LogP contribution in [-0.4, -0.2) is 19.3 Å². The van der Waals surface area contributed by atoms with Gasteiger partial charge in [0.2, 0.25) is 0 Å². The molecule has 0 aliphatic heterocycles. The van der Waals surface area contributed by atoms with Gasteiger partial charge in [0.05, 0.1) is 25.3 Å². The average molecular weight is 217 g/mol. The summed E-state index contributed by atoms with van der Waals surface area (Å²) < 4.78 is 10.2. The second-order valence-electron chi connectivity index (χ2n) is 2.87.